The first kappa shape index (κ1) is 15.3. The van der Waals surface area contributed by atoms with Gasteiger partial charge in [-0.2, -0.15) is 5.26 Å². The molecule has 1 aliphatic carbocycles. The lowest BCUT2D eigenvalue weighted by molar-refractivity contribution is 0.0282. The summed E-state index contributed by atoms with van der Waals surface area (Å²) in [4.78, 5) is 15.3. The van der Waals surface area contributed by atoms with Crippen molar-refractivity contribution in [2.75, 3.05) is 25.6 Å². The van der Waals surface area contributed by atoms with Crippen molar-refractivity contribution >= 4 is 11.8 Å². The Balaban J connectivity index is 2.18. The van der Waals surface area contributed by atoms with Crippen LogP contribution in [0.4, 0.5) is 5.82 Å². The second-order valence-corrected chi connectivity index (χ2v) is 5.57. The quantitative estimate of drug-likeness (QED) is 0.833. The van der Waals surface area contributed by atoms with E-state index in [0.29, 0.717) is 24.7 Å². The summed E-state index contributed by atoms with van der Waals surface area (Å²) in [5, 5.41) is 21.4. The second-order valence-electron chi connectivity index (χ2n) is 5.57. The van der Waals surface area contributed by atoms with Crippen LogP contribution in [0.3, 0.4) is 0 Å². The van der Waals surface area contributed by atoms with Crippen LogP contribution in [0.1, 0.15) is 40.9 Å². The summed E-state index contributed by atoms with van der Waals surface area (Å²) in [7, 11) is 1.69. The fraction of sp³-hybridized carbons (Fsp3) is 0.533. The molecule has 21 heavy (non-hydrogen) atoms. The number of ether oxygens (including phenoxy) is 1. The number of carbonyl (C=O) groups is 1. The number of nitrogens with one attached hydrogen (secondary N) is 1. The van der Waals surface area contributed by atoms with Crippen molar-refractivity contribution in [2.45, 2.75) is 26.2 Å². The van der Waals surface area contributed by atoms with Crippen LogP contribution in [0, 0.1) is 23.7 Å². The molecule has 1 fully saturated rings. The summed E-state index contributed by atoms with van der Waals surface area (Å²) in [5.74, 6) is -0.625. The maximum absolute atomic E-state index is 11.1. The van der Waals surface area contributed by atoms with Crippen LogP contribution in [0.2, 0.25) is 0 Å². The summed E-state index contributed by atoms with van der Waals surface area (Å²) in [6.07, 6.45) is 3.35. The van der Waals surface area contributed by atoms with Gasteiger partial charge in [-0.1, -0.05) is 6.42 Å². The second kappa shape index (κ2) is 6.10. The molecule has 112 valence electrons. The molecular formula is C15H19N3O3. The van der Waals surface area contributed by atoms with Gasteiger partial charge in [0.2, 0.25) is 0 Å². The Morgan fingerprint density at radius 1 is 1.62 bits per heavy atom. The summed E-state index contributed by atoms with van der Waals surface area (Å²) < 4.78 is 5.27. The molecule has 6 heteroatoms. The van der Waals surface area contributed by atoms with Gasteiger partial charge in [-0.15, -0.1) is 0 Å². The highest BCUT2D eigenvalue weighted by atomic mass is 16.5. The van der Waals surface area contributed by atoms with Crippen LogP contribution in [-0.2, 0) is 4.74 Å². The van der Waals surface area contributed by atoms with Crippen molar-refractivity contribution in [1.82, 2.24) is 4.98 Å². The van der Waals surface area contributed by atoms with Crippen LogP contribution >= 0.6 is 0 Å². The van der Waals surface area contributed by atoms with Gasteiger partial charge in [0.05, 0.1) is 23.4 Å². The van der Waals surface area contributed by atoms with Crippen molar-refractivity contribution < 1.29 is 14.6 Å². The van der Waals surface area contributed by atoms with Crippen molar-refractivity contribution in [2.24, 2.45) is 5.41 Å². The van der Waals surface area contributed by atoms with E-state index in [0.717, 1.165) is 12.8 Å². The number of carboxylic acid groups (broad SMARTS) is 1. The summed E-state index contributed by atoms with van der Waals surface area (Å²) in [6, 6.07) is 3.37. The van der Waals surface area contributed by atoms with E-state index in [1.165, 1.54) is 12.5 Å². The molecule has 1 aromatic heterocycles. The fourth-order valence-electron chi connectivity index (χ4n) is 2.67. The molecule has 1 saturated carbocycles. The van der Waals surface area contributed by atoms with Gasteiger partial charge in [-0.3, -0.25) is 0 Å². The van der Waals surface area contributed by atoms with E-state index in [-0.39, 0.29) is 16.5 Å². The molecule has 0 radical (unpaired) electrons. The molecule has 0 spiro atoms. The molecule has 1 aliphatic rings. The number of pyridine rings is 1. The molecular weight excluding hydrogens is 270 g/mol. The van der Waals surface area contributed by atoms with Gasteiger partial charge in [-0.05, 0) is 25.8 Å². The average Bonchev–Trinajstić information content (AvgIpc) is 2.41. The first-order valence-corrected chi connectivity index (χ1v) is 6.89. The molecule has 0 bridgehead atoms. The highest BCUT2D eigenvalue weighted by Crippen LogP contribution is 2.41. The average molecular weight is 289 g/mol. The minimum atomic E-state index is -1.07. The summed E-state index contributed by atoms with van der Waals surface area (Å²) in [5.41, 5.74) is 0.818. The number of aryl methyl sites for hydroxylation is 1. The number of aromatic carboxylic acids is 1. The molecule has 2 rings (SSSR count). The Kier molecular flexibility index (Phi) is 4.43. The predicted octanol–water partition coefficient (Wildman–Crippen LogP) is 2.19. The molecule has 0 aromatic carbocycles. The SMILES string of the molecule is COCC1(CNc2nc(C)c(C(=O)O)cc2C#N)CCC1. The van der Waals surface area contributed by atoms with Crippen LogP contribution in [-0.4, -0.2) is 36.3 Å². The van der Waals surface area contributed by atoms with Crippen LogP contribution < -0.4 is 5.32 Å². The van der Waals surface area contributed by atoms with Crippen molar-refractivity contribution in [3.8, 4) is 6.07 Å². The summed E-state index contributed by atoms with van der Waals surface area (Å²) >= 11 is 0. The third kappa shape index (κ3) is 3.14. The van der Waals surface area contributed by atoms with Gasteiger partial charge in [0.25, 0.3) is 0 Å². The van der Waals surface area contributed by atoms with Gasteiger partial charge >= 0.3 is 5.97 Å². The molecule has 1 heterocycles. The summed E-state index contributed by atoms with van der Waals surface area (Å²) in [6.45, 7) is 2.98. The minimum absolute atomic E-state index is 0.0624. The van der Waals surface area contributed by atoms with Crippen molar-refractivity contribution in [3.63, 3.8) is 0 Å². The lowest BCUT2D eigenvalue weighted by Crippen LogP contribution is -2.40. The Morgan fingerprint density at radius 3 is 2.81 bits per heavy atom. The molecule has 0 aliphatic heterocycles. The largest absolute Gasteiger partial charge is 0.478 e. The number of nitrogens with zero attached hydrogens (tertiary/aromatic N) is 2. The fourth-order valence-corrected chi connectivity index (χ4v) is 2.67. The minimum Gasteiger partial charge on any atom is -0.478 e. The Labute approximate surface area is 123 Å². The molecule has 0 atom stereocenters. The Hall–Kier alpha value is -2.13. The van der Waals surface area contributed by atoms with E-state index >= 15 is 0 Å². The lowest BCUT2D eigenvalue weighted by Gasteiger charge is -2.41. The zero-order valence-electron chi connectivity index (χ0n) is 12.3. The van der Waals surface area contributed by atoms with Gasteiger partial charge in [0.15, 0.2) is 0 Å². The van der Waals surface area contributed by atoms with Crippen molar-refractivity contribution in [3.05, 3.63) is 22.9 Å². The van der Waals surface area contributed by atoms with E-state index in [1.807, 2.05) is 6.07 Å². The molecule has 0 unspecified atom stereocenters. The van der Waals surface area contributed by atoms with Gasteiger partial charge in [0, 0.05) is 19.1 Å². The molecule has 6 nitrogen and oxygen atoms in total. The first-order valence-electron chi connectivity index (χ1n) is 6.89. The smallest absolute Gasteiger partial charge is 0.337 e. The maximum Gasteiger partial charge on any atom is 0.337 e. The zero-order valence-corrected chi connectivity index (χ0v) is 12.3. The van der Waals surface area contributed by atoms with E-state index < -0.39 is 5.97 Å². The highest BCUT2D eigenvalue weighted by molar-refractivity contribution is 5.89. The monoisotopic (exact) mass is 289 g/mol. The molecule has 0 saturated heterocycles. The van der Waals surface area contributed by atoms with E-state index in [9.17, 15) is 10.1 Å². The number of hydrogen-bond donors (Lipinski definition) is 2. The first-order chi connectivity index (χ1) is 10.0. The van der Waals surface area contributed by atoms with Gasteiger partial charge in [-0.25, -0.2) is 9.78 Å². The van der Waals surface area contributed by atoms with Crippen LogP contribution in [0.25, 0.3) is 0 Å². The number of rotatable bonds is 6. The number of hydrogen-bond acceptors (Lipinski definition) is 5. The number of aromatic nitrogens is 1. The number of nitriles is 1. The molecule has 0 amide bonds. The standard InChI is InChI=1S/C15H19N3O3/c1-10-12(14(19)20)6-11(7-16)13(18-10)17-8-15(9-21-2)4-3-5-15/h6H,3-5,8-9H2,1-2H3,(H,17,18)(H,19,20). The lowest BCUT2D eigenvalue weighted by atomic mass is 9.69. The molecule has 2 N–H and O–H groups in total. The van der Waals surface area contributed by atoms with Gasteiger partial charge in [0.1, 0.15) is 11.9 Å². The highest BCUT2D eigenvalue weighted by Gasteiger charge is 2.37. The predicted molar refractivity (Wildman–Crippen MR) is 77.3 cm³/mol. The number of methoxy groups -OCH3 is 1. The van der Waals surface area contributed by atoms with Crippen molar-refractivity contribution in [1.29, 1.82) is 5.26 Å². The number of anilines is 1. The Morgan fingerprint density at radius 2 is 2.33 bits per heavy atom. The Bertz CT molecular complexity index is 589. The molecule has 1 aromatic rings. The third-order valence-electron chi connectivity index (χ3n) is 4.06. The normalized spacial score (nSPS) is 15.9. The van der Waals surface area contributed by atoms with E-state index in [1.54, 1.807) is 14.0 Å². The van der Waals surface area contributed by atoms with E-state index in [4.69, 9.17) is 9.84 Å². The van der Waals surface area contributed by atoms with Gasteiger partial charge < -0.3 is 15.2 Å². The third-order valence-corrected chi connectivity index (χ3v) is 4.06. The van der Waals surface area contributed by atoms with Crippen LogP contribution in [0.15, 0.2) is 6.07 Å². The zero-order chi connectivity index (χ0) is 15.5. The topological polar surface area (TPSA) is 95.2 Å². The van der Waals surface area contributed by atoms with Crippen LogP contribution in [0.5, 0.6) is 0 Å². The van der Waals surface area contributed by atoms with E-state index in [2.05, 4.69) is 10.3 Å². The maximum atomic E-state index is 11.1. The number of carboxylic acids is 1.